The SMILES string of the molecule is CC1=CC=CCC(Br)=C1. The van der Waals surface area contributed by atoms with Gasteiger partial charge >= 0.3 is 0 Å². The Balaban J connectivity index is 2.82. The summed E-state index contributed by atoms with van der Waals surface area (Å²) in [6.45, 7) is 2.09. The van der Waals surface area contributed by atoms with Gasteiger partial charge in [0.1, 0.15) is 0 Å². The van der Waals surface area contributed by atoms with Crippen LogP contribution < -0.4 is 0 Å². The molecule has 0 nitrogen and oxygen atoms in total. The third kappa shape index (κ3) is 2.19. The van der Waals surface area contributed by atoms with Gasteiger partial charge in [0.25, 0.3) is 0 Å². The Hall–Kier alpha value is -0.300. The maximum atomic E-state index is 3.45. The van der Waals surface area contributed by atoms with Crippen LogP contribution in [0, 0.1) is 0 Å². The lowest BCUT2D eigenvalue weighted by Crippen LogP contribution is -1.66. The number of hydrogen-bond acceptors (Lipinski definition) is 0. The van der Waals surface area contributed by atoms with Crippen LogP contribution >= 0.6 is 15.9 Å². The molecule has 0 aliphatic heterocycles. The second kappa shape index (κ2) is 3.02. The molecule has 1 aliphatic carbocycles. The Morgan fingerprint density at radius 2 is 2.33 bits per heavy atom. The van der Waals surface area contributed by atoms with Crippen molar-refractivity contribution < 1.29 is 0 Å². The minimum Gasteiger partial charge on any atom is -0.0796 e. The van der Waals surface area contributed by atoms with Crippen LogP contribution in [0.25, 0.3) is 0 Å². The van der Waals surface area contributed by atoms with E-state index in [-0.39, 0.29) is 0 Å². The summed E-state index contributed by atoms with van der Waals surface area (Å²) in [5.74, 6) is 0. The summed E-state index contributed by atoms with van der Waals surface area (Å²) in [6, 6.07) is 0. The zero-order chi connectivity index (χ0) is 6.69. The van der Waals surface area contributed by atoms with Crippen LogP contribution in [0.4, 0.5) is 0 Å². The molecule has 0 spiro atoms. The third-order valence-corrected chi connectivity index (χ3v) is 1.74. The number of rotatable bonds is 0. The minimum atomic E-state index is 1.02. The van der Waals surface area contributed by atoms with E-state index in [0.29, 0.717) is 0 Å². The first-order valence-corrected chi connectivity index (χ1v) is 3.78. The maximum absolute atomic E-state index is 3.45. The van der Waals surface area contributed by atoms with Crippen LogP contribution in [0.5, 0.6) is 0 Å². The zero-order valence-corrected chi connectivity index (χ0v) is 6.98. The van der Waals surface area contributed by atoms with E-state index in [1.165, 1.54) is 10.1 Å². The van der Waals surface area contributed by atoms with Gasteiger partial charge in [-0.3, -0.25) is 0 Å². The topological polar surface area (TPSA) is 0 Å². The van der Waals surface area contributed by atoms with E-state index in [4.69, 9.17) is 0 Å². The van der Waals surface area contributed by atoms with Crippen molar-refractivity contribution in [3.05, 3.63) is 34.4 Å². The standard InChI is InChI=1S/C8H9Br/c1-7-4-2-3-5-8(9)6-7/h2-4,6H,5H2,1H3. The van der Waals surface area contributed by atoms with Gasteiger partial charge in [0, 0.05) is 0 Å². The minimum absolute atomic E-state index is 1.02. The van der Waals surface area contributed by atoms with Gasteiger partial charge in [-0.1, -0.05) is 39.7 Å². The number of hydrogen-bond donors (Lipinski definition) is 0. The van der Waals surface area contributed by atoms with Crippen molar-refractivity contribution in [1.29, 1.82) is 0 Å². The lowest BCUT2D eigenvalue weighted by Gasteiger charge is -1.88. The van der Waals surface area contributed by atoms with Crippen molar-refractivity contribution in [2.24, 2.45) is 0 Å². The van der Waals surface area contributed by atoms with E-state index in [9.17, 15) is 0 Å². The molecule has 0 atom stereocenters. The lowest BCUT2D eigenvalue weighted by molar-refractivity contribution is 1.37. The first kappa shape index (κ1) is 6.81. The van der Waals surface area contributed by atoms with Gasteiger partial charge < -0.3 is 0 Å². The van der Waals surface area contributed by atoms with Crippen LogP contribution in [0.2, 0.25) is 0 Å². The van der Waals surface area contributed by atoms with E-state index in [1.807, 2.05) is 0 Å². The summed E-state index contributed by atoms with van der Waals surface area (Å²) >= 11 is 3.45. The highest BCUT2D eigenvalue weighted by Crippen LogP contribution is 2.16. The molecular weight excluding hydrogens is 176 g/mol. The van der Waals surface area contributed by atoms with Crippen LogP contribution in [0.15, 0.2) is 34.4 Å². The molecule has 0 aromatic heterocycles. The summed E-state index contributed by atoms with van der Waals surface area (Å²) in [6.07, 6.45) is 9.49. The molecule has 9 heavy (non-hydrogen) atoms. The Labute approximate surface area is 64.1 Å². The van der Waals surface area contributed by atoms with Gasteiger partial charge in [0.2, 0.25) is 0 Å². The molecule has 0 bridgehead atoms. The van der Waals surface area contributed by atoms with Gasteiger partial charge in [-0.15, -0.1) is 0 Å². The lowest BCUT2D eigenvalue weighted by atomic mass is 10.3. The third-order valence-electron chi connectivity index (χ3n) is 1.19. The normalized spacial score (nSPS) is 18.4. The van der Waals surface area contributed by atoms with Crippen molar-refractivity contribution in [2.75, 3.05) is 0 Å². The monoisotopic (exact) mass is 184 g/mol. The average molecular weight is 185 g/mol. The van der Waals surface area contributed by atoms with Crippen molar-refractivity contribution in [1.82, 2.24) is 0 Å². The van der Waals surface area contributed by atoms with E-state index < -0.39 is 0 Å². The van der Waals surface area contributed by atoms with E-state index in [2.05, 4.69) is 47.2 Å². The molecular formula is C8H9Br. The van der Waals surface area contributed by atoms with Crippen LogP contribution in [-0.2, 0) is 0 Å². The van der Waals surface area contributed by atoms with Crippen molar-refractivity contribution >= 4 is 15.9 Å². The zero-order valence-electron chi connectivity index (χ0n) is 5.39. The molecule has 0 unspecified atom stereocenters. The molecule has 0 aromatic rings. The largest absolute Gasteiger partial charge is 0.0796 e. The molecule has 0 radical (unpaired) electrons. The fourth-order valence-corrected chi connectivity index (χ4v) is 1.30. The highest BCUT2D eigenvalue weighted by atomic mass is 79.9. The first-order valence-electron chi connectivity index (χ1n) is 2.98. The van der Waals surface area contributed by atoms with Crippen LogP contribution in [0.3, 0.4) is 0 Å². The molecule has 0 heterocycles. The summed E-state index contributed by atoms with van der Waals surface area (Å²) in [4.78, 5) is 0. The second-order valence-corrected chi connectivity index (χ2v) is 3.15. The van der Waals surface area contributed by atoms with Gasteiger partial charge in [-0.25, -0.2) is 0 Å². The summed E-state index contributed by atoms with van der Waals surface area (Å²) < 4.78 is 1.25. The van der Waals surface area contributed by atoms with Crippen molar-refractivity contribution in [3.63, 3.8) is 0 Å². The highest BCUT2D eigenvalue weighted by Gasteiger charge is 1.91. The van der Waals surface area contributed by atoms with Gasteiger partial charge in [-0.2, -0.15) is 0 Å². The average Bonchev–Trinajstić information content (AvgIpc) is 1.93. The Kier molecular flexibility index (Phi) is 2.29. The van der Waals surface area contributed by atoms with Crippen molar-refractivity contribution in [3.8, 4) is 0 Å². The van der Waals surface area contributed by atoms with Crippen LogP contribution in [-0.4, -0.2) is 0 Å². The molecule has 1 aliphatic rings. The molecule has 0 saturated heterocycles. The number of halogens is 1. The Morgan fingerprint density at radius 3 is 3.11 bits per heavy atom. The predicted octanol–water partition coefficient (Wildman–Crippen LogP) is 3.17. The smallest absolute Gasteiger partial charge is 0.000896 e. The maximum Gasteiger partial charge on any atom is -0.000896 e. The molecule has 0 aromatic carbocycles. The summed E-state index contributed by atoms with van der Waals surface area (Å²) in [5.41, 5.74) is 1.30. The molecule has 1 heteroatoms. The quantitative estimate of drug-likeness (QED) is 0.543. The van der Waals surface area contributed by atoms with E-state index in [1.54, 1.807) is 0 Å². The molecule has 0 fully saturated rings. The van der Waals surface area contributed by atoms with Gasteiger partial charge in [-0.05, 0) is 23.9 Å². The van der Waals surface area contributed by atoms with E-state index >= 15 is 0 Å². The number of allylic oxidation sites excluding steroid dienone is 6. The highest BCUT2D eigenvalue weighted by molar-refractivity contribution is 9.11. The van der Waals surface area contributed by atoms with Gasteiger partial charge in [0.15, 0.2) is 0 Å². The van der Waals surface area contributed by atoms with Crippen molar-refractivity contribution in [2.45, 2.75) is 13.3 Å². The van der Waals surface area contributed by atoms with Gasteiger partial charge in [0.05, 0.1) is 0 Å². The predicted molar refractivity (Wildman–Crippen MR) is 44.5 cm³/mol. The summed E-state index contributed by atoms with van der Waals surface area (Å²) in [7, 11) is 0. The first-order chi connectivity index (χ1) is 4.29. The Bertz CT molecular complexity index is 185. The summed E-state index contributed by atoms with van der Waals surface area (Å²) in [5, 5.41) is 0. The Morgan fingerprint density at radius 1 is 1.56 bits per heavy atom. The molecule has 0 saturated carbocycles. The molecule has 0 amide bonds. The van der Waals surface area contributed by atoms with Crippen LogP contribution in [0.1, 0.15) is 13.3 Å². The molecule has 0 N–H and O–H groups in total. The fourth-order valence-electron chi connectivity index (χ4n) is 0.755. The molecule has 48 valence electrons. The molecule has 1 rings (SSSR count). The second-order valence-electron chi connectivity index (χ2n) is 2.13. The fraction of sp³-hybridized carbons (Fsp3) is 0.250. The van der Waals surface area contributed by atoms with E-state index in [0.717, 1.165) is 6.42 Å².